The number of nitrogens with one attached hydrogen (secondary N) is 1. The molecule has 1 amide bonds. The SMILES string of the molecule is COCc1ccc2c(C(N)=O)cc(=O)n(CCN3CCC(NCC4=COC(c5ccccc5Br)O4)CC3)c2c1. The van der Waals surface area contributed by atoms with Gasteiger partial charge in [0.05, 0.1) is 24.2 Å². The van der Waals surface area contributed by atoms with Crippen LogP contribution in [0.5, 0.6) is 0 Å². The molecule has 1 saturated heterocycles. The summed E-state index contributed by atoms with van der Waals surface area (Å²) >= 11 is 3.55. The maximum Gasteiger partial charge on any atom is 0.267 e. The molecule has 1 atom stereocenters. The molecule has 3 heterocycles. The molecule has 2 aliphatic heterocycles. The van der Waals surface area contributed by atoms with Crippen molar-refractivity contribution in [3.8, 4) is 0 Å². The van der Waals surface area contributed by atoms with Gasteiger partial charge in [0.1, 0.15) is 12.0 Å². The van der Waals surface area contributed by atoms with Gasteiger partial charge in [-0.3, -0.25) is 9.59 Å². The van der Waals surface area contributed by atoms with Crippen molar-refractivity contribution in [2.24, 2.45) is 5.73 Å². The Bertz CT molecular complexity index is 1430. The van der Waals surface area contributed by atoms with Crippen LogP contribution in [0.2, 0.25) is 0 Å². The van der Waals surface area contributed by atoms with E-state index in [9.17, 15) is 9.59 Å². The number of rotatable bonds is 10. The average molecular weight is 598 g/mol. The molecule has 2 aliphatic rings. The zero-order valence-corrected chi connectivity index (χ0v) is 23.5. The molecule has 0 bridgehead atoms. The second-order valence-corrected chi connectivity index (χ2v) is 10.7. The molecule has 3 N–H and O–H groups in total. The molecule has 1 unspecified atom stereocenters. The highest BCUT2D eigenvalue weighted by atomic mass is 79.9. The Hall–Kier alpha value is -3.18. The van der Waals surface area contributed by atoms with E-state index in [4.69, 9.17) is 19.9 Å². The number of hydrogen-bond donors (Lipinski definition) is 2. The van der Waals surface area contributed by atoms with Gasteiger partial charge in [-0.25, -0.2) is 0 Å². The van der Waals surface area contributed by atoms with Crippen molar-refractivity contribution in [2.45, 2.75) is 38.3 Å². The van der Waals surface area contributed by atoms with Crippen LogP contribution in [0, 0.1) is 0 Å². The number of amides is 1. The molecule has 206 valence electrons. The zero-order chi connectivity index (χ0) is 27.4. The van der Waals surface area contributed by atoms with Crippen molar-refractivity contribution >= 4 is 32.7 Å². The van der Waals surface area contributed by atoms with Crippen LogP contribution in [0.4, 0.5) is 0 Å². The fourth-order valence-corrected chi connectivity index (χ4v) is 5.65. The normalized spacial score (nSPS) is 18.1. The molecule has 2 aromatic carbocycles. The number of piperidine rings is 1. The molecule has 3 aromatic rings. The quantitative estimate of drug-likeness (QED) is 0.368. The smallest absolute Gasteiger partial charge is 0.267 e. The van der Waals surface area contributed by atoms with Crippen LogP contribution in [0.3, 0.4) is 0 Å². The van der Waals surface area contributed by atoms with Gasteiger partial charge in [0.15, 0.2) is 0 Å². The Kier molecular flexibility index (Phi) is 8.66. The van der Waals surface area contributed by atoms with E-state index in [-0.39, 0.29) is 11.1 Å². The van der Waals surface area contributed by atoms with Crippen LogP contribution >= 0.6 is 15.9 Å². The zero-order valence-electron chi connectivity index (χ0n) is 21.9. The molecule has 10 heteroatoms. The molecule has 0 aliphatic carbocycles. The topological polar surface area (TPSA) is 108 Å². The van der Waals surface area contributed by atoms with E-state index in [2.05, 4.69) is 26.1 Å². The predicted molar refractivity (Wildman–Crippen MR) is 152 cm³/mol. The van der Waals surface area contributed by atoms with E-state index in [0.717, 1.165) is 53.8 Å². The number of carbonyl (C=O) groups is 1. The predicted octanol–water partition coefficient (Wildman–Crippen LogP) is 3.65. The van der Waals surface area contributed by atoms with E-state index < -0.39 is 12.2 Å². The first-order valence-electron chi connectivity index (χ1n) is 13.1. The summed E-state index contributed by atoms with van der Waals surface area (Å²) in [6.07, 6.45) is 3.25. The number of benzene rings is 2. The third kappa shape index (κ3) is 6.36. The molecule has 5 rings (SSSR count). The van der Waals surface area contributed by atoms with Gasteiger partial charge in [-0.15, -0.1) is 0 Å². The first kappa shape index (κ1) is 27.4. The van der Waals surface area contributed by atoms with Gasteiger partial charge in [0.25, 0.3) is 11.8 Å². The number of fused-ring (bicyclic) bond motifs is 1. The second kappa shape index (κ2) is 12.3. The number of nitrogens with zero attached hydrogens (tertiary/aromatic N) is 2. The van der Waals surface area contributed by atoms with E-state index in [1.807, 2.05) is 42.5 Å². The molecule has 39 heavy (non-hydrogen) atoms. The largest absolute Gasteiger partial charge is 0.455 e. The number of ether oxygens (including phenoxy) is 3. The lowest BCUT2D eigenvalue weighted by molar-refractivity contribution is -0.0354. The van der Waals surface area contributed by atoms with Gasteiger partial charge in [0, 0.05) is 47.7 Å². The molecule has 0 spiro atoms. The molecule has 1 aromatic heterocycles. The minimum Gasteiger partial charge on any atom is -0.455 e. The van der Waals surface area contributed by atoms with Crippen molar-refractivity contribution in [2.75, 3.05) is 33.3 Å². The highest BCUT2D eigenvalue weighted by molar-refractivity contribution is 9.10. The molecule has 1 fully saturated rings. The van der Waals surface area contributed by atoms with Crippen LogP contribution in [-0.2, 0) is 27.4 Å². The summed E-state index contributed by atoms with van der Waals surface area (Å²) < 4.78 is 19.7. The fraction of sp³-hybridized carbons (Fsp3) is 0.379. The first-order chi connectivity index (χ1) is 18.9. The summed E-state index contributed by atoms with van der Waals surface area (Å²) in [6.45, 7) is 4.15. The average Bonchev–Trinajstić information content (AvgIpc) is 3.41. The van der Waals surface area contributed by atoms with Gasteiger partial charge in [-0.1, -0.05) is 46.3 Å². The standard InChI is InChI=1S/C29H33BrN4O5/c1-37-17-19-6-7-22-24(28(31)36)15-27(35)34(26(22)14-19)13-12-33-10-8-20(9-11-33)32-16-21-18-38-29(39-21)23-4-2-3-5-25(23)30/h2-7,14-15,18,20,29,32H,8-13,16-17H2,1H3,(H2,31,36). The number of primary amides is 1. The summed E-state index contributed by atoms with van der Waals surface area (Å²) in [6, 6.07) is 15.2. The van der Waals surface area contributed by atoms with Gasteiger partial charge in [0.2, 0.25) is 5.91 Å². The van der Waals surface area contributed by atoms with Crippen LogP contribution in [-0.4, -0.2) is 54.7 Å². The lowest BCUT2D eigenvalue weighted by Crippen LogP contribution is -2.44. The van der Waals surface area contributed by atoms with Gasteiger partial charge >= 0.3 is 0 Å². The number of nitrogens with two attached hydrogens (primary N) is 1. The third-order valence-corrected chi connectivity index (χ3v) is 8.01. The van der Waals surface area contributed by atoms with Crippen LogP contribution in [0.1, 0.15) is 40.6 Å². The minimum absolute atomic E-state index is 0.227. The van der Waals surface area contributed by atoms with Crippen molar-refractivity contribution in [3.63, 3.8) is 0 Å². The Morgan fingerprint density at radius 1 is 1.15 bits per heavy atom. The van der Waals surface area contributed by atoms with Crippen molar-refractivity contribution in [3.05, 3.63) is 92.1 Å². The summed E-state index contributed by atoms with van der Waals surface area (Å²) in [7, 11) is 1.63. The van der Waals surface area contributed by atoms with E-state index in [0.29, 0.717) is 36.6 Å². The van der Waals surface area contributed by atoms with Crippen molar-refractivity contribution < 1.29 is 19.0 Å². The molecule has 9 nitrogen and oxygen atoms in total. The summed E-state index contributed by atoms with van der Waals surface area (Å²) in [5.74, 6) is 0.184. The first-order valence-corrected chi connectivity index (χ1v) is 13.9. The van der Waals surface area contributed by atoms with Gasteiger partial charge in [-0.05, 0) is 43.6 Å². The van der Waals surface area contributed by atoms with Gasteiger partial charge < -0.3 is 34.7 Å². The Morgan fingerprint density at radius 3 is 2.69 bits per heavy atom. The van der Waals surface area contributed by atoms with E-state index >= 15 is 0 Å². The number of hydrogen-bond acceptors (Lipinski definition) is 7. The van der Waals surface area contributed by atoms with E-state index in [1.54, 1.807) is 17.9 Å². The highest BCUT2D eigenvalue weighted by Gasteiger charge is 2.25. The second-order valence-electron chi connectivity index (χ2n) is 9.89. The Labute approximate surface area is 235 Å². The number of aromatic nitrogens is 1. The molecule has 0 radical (unpaired) electrons. The number of carbonyl (C=O) groups excluding carboxylic acids is 1. The van der Waals surface area contributed by atoms with Gasteiger partial charge in [-0.2, -0.15) is 0 Å². The Balaban J connectivity index is 1.14. The highest BCUT2D eigenvalue weighted by Crippen LogP contribution is 2.32. The van der Waals surface area contributed by atoms with Crippen molar-refractivity contribution in [1.82, 2.24) is 14.8 Å². The minimum atomic E-state index is -0.605. The van der Waals surface area contributed by atoms with Crippen LogP contribution in [0.15, 0.2) is 69.8 Å². The van der Waals surface area contributed by atoms with Crippen LogP contribution < -0.4 is 16.6 Å². The lowest BCUT2D eigenvalue weighted by Gasteiger charge is -2.32. The molecular formula is C29H33BrN4O5. The van der Waals surface area contributed by atoms with Crippen molar-refractivity contribution in [1.29, 1.82) is 0 Å². The maximum atomic E-state index is 13.0. The fourth-order valence-electron chi connectivity index (χ4n) is 5.18. The number of likely N-dealkylation sites (tertiary alicyclic amines) is 1. The summed E-state index contributed by atoms with van der Waals surface area (Å²) in [5.41, 5.74) is 8.17. The summed E-state index contributed by atoms with van der Waals surface area (Å²) in [4.78, 5) is 27.3. The van der Waals surface area contributed by atoms with Crippen LogP contribution in [0.25, 0.3) is 10.9 Å². The molecular weight excluding hydrogens is 564 g/mol. The maximum absolute atomic E-state index is 13.0. The number of halogens is 1. The molecule has 0 saturated carbocycles. The monoisotopic (exact) mass is 596 g/mol. The third-order valence-electron chi connectivity index (χ3n) is 7.29. The Morgan fingerprint density at radius 2 is 1.95 bits per heavy atom. The van der Waals surface area contributed by atoms with E-state index in [1.165, 1.54) is 6.07 Å². The number of methoxy groups -OCH3 is 1. The lowest BCUT2D eigenvalue weighted by atomic mass is 10.0. The summed E-state index contributed by atoms with van der Waals surface area (Å²) in [5, 5.41) is 4.27. The number of pyridine rings is 1.